The third-order valence-corrected chi connectivity index (χ3v) is 1.83. The molecular formula is C12H12FNO3. The van der Waals surface area contributed by atoms with Crippen LogP contribution in [-0.2, 0) is 9.53 Å². The maximum atomic E-state index is 13.4. The van der Waals surface area contributed by atoms with E-state index in [0.717, 1.165) is 6.07 Å². The Bertz CT molecular complexity index is 463. The highest BCUT2D eigenvalue weighted by atomic mass is 19.1. The number of nitrogens with one attached hydrogen (secondary N) is 1. The van der Waals surface area contributed by atoms with E-state index in [4.69, 9.17) is 5.11 Å². The molecule has 4 nitrogen and oxygen atoms in total. The third-order valence-electron chi connectivity index (χ3n) is 1.83. The Morgan fingerprint density at radius 3 is 2.94 bits per heavy atom. The number of carbonyl (C=O) groups is 1. The van der Waals surface area contributed by atoms with Crippen molar-refractivity contribution in [2.24, 2.45) is 0 Å². The minimum absolute atomic E-state index is 0.0896. The predicted molar refractivity (Wildman–Crippen MR) is 60.9 cm³/mol. The standard InChI is InChI=1S/C12H12FNO3/c1-17-8-12(16)14-10-5-4-9(3-2-6-15)11(13)7-10/h4-5,7,15H,6,8H2,1H3,(H,14,16). The smallest absolute Gasteiger partial charge is 0.250 e. The van der Waals surface area contributed by atoms with Crippen LogP contribution in [0.25, 0.3) is 0 Å². The normalized spacial score (nSPS) is 9.35. The van der Waals surface area contributed by atoms with Crippen LogP contribution in [0.2, 0.25) is 0 Å². The van der Waals surface area contributed by atoms with Gasteiger partial charge in [-0.3, -0.25) is 4.79 Å². The first kappa shape index (κ1) is 13.2. The number of hydrogen-bond donors (Lipinski definition) is 2. The minimum Gasteiger partial charge on any atom is -0.384 e. The summed E-state index contributed by atoms with van der Waals surface area (Å²) in [6.07, 6.45) is 0. The lowest BCUT2D eigenvalue weighted by atomic mass is 10.2. The molecular weight excluding hydrogens is 225 g/mol. The molecule has 1 amide bonds. The summed E-state index contributed by atoms with van der Waals surface area (Å²) < 4.78 is 18.1. The summed E-state index contributed by atoms with van der Waals surface area (Å²) >= 11 is 0. The van der Waals surface area contributed by atoms with E-state index >= 15 is 0 Å². The lowest BCUT2D eigenvalue weighted by Gasteiger charge is -2.05. The van der Waals surface area contributed by atoms with Crippen molar-refractivity contribution in [1.82, 2.24) is 0 Å². The SMILES string of the molecule is COCC(=O)Nc1ccc(C#CCO)c(F)c1. The summed E-state index contributed by atoms with van der Waals surface area (Å²) in [6, 6.07) is 4.12. The van der Waals surface area contributed by atoms with Gasteiger partial charge in [0.15, 0.2) is 0 Å². The van der Waals surface area contributed by atoms with Crippen LogP contribution >= 0.6 is 0 Å². The molecule has 0 spiro atoms. The van der Waals surface area contributed by atoms with E-state index in [1.165, 1.54) is 19.2 Å². The highest BCUT2D eigenvalue weighted by Crippen LogP contribution is 2.13. The zero-order chi connectivity index (χ0) is 12.7. The number of hydrogen-bond acceptors (Lipinski definition) is 3. The molecule has 0 atom stereocenters. The fraction of sp³-hybridized carbons (Fsp3) is 0.250. The van der Waals surface area contributed by atoms with Crippen molar-refractivity contribution in [3.05, 3.63) is 29.6 Å². The van der Waals surface area contributed by atoms with Gasteiger partial charge in [-0.1, -0.05) is 11.8 Å². The molecule has 0 radical (unpaired) electrons. The van der Waals surface area contributed by atoms with Crippen LogP contribution in [-0.4, -0.2) is 31.3 Å². The van der Waals surface area contributed by atoms with Gasteiger partial charge in [0.1, 0.15) is 19.0 Å². The van der Waals surface area contributed by atoms with E-state index in [-0.39, 0.29) is 24.7 Å². The fourth-order valence-electron chi connectivity index (χ4n) is 1.16. The number of halogens is 1. The Labute approximate surface area is 98.4 Å². The second kappa shape index (κ2) is 6.63. The molecule has 0 saturated heterocycles. The van der Waals surface area contributed by atoms with Gasteiger partial charge in [0.2, 0.25) is 5.91 Å². The molecule has 0 saturated carbocycles. The molecule has 17 heavy (non-hydrogen) atoms. The zero-order valence-electron chi connectivity index (χ0n) is 9.29. The number of aliphatic hydroxyl groups is 1. The molecule has 0 aromatic heterocycles. The summed E-state index contributed by atoms with van der Waals surface area (Å²) in [6.45, 7) is -0.417. The van der Waals surface area contributed by atoms with E-state index in [1.54, 1.807) is 0 Å². The topological polar surface area (TPSA) is 58.6 Å². The second-order valence-electron chi connectivity index (χ2n) is 3.14. The largest absolute Gasteiger partial charge is 0.384 e. The van der Waals surface area contributed by atoms with Gasteiger partial charge in [-0.2, -0.15) is 0 Å². The molecule has 0 fully saturated rings. The number of amides is 1. The van der Waals surface area contributed by atoms with Crippen LogP contribution < -0.4 is 5.32 Å². The Morgan fingerprint density at radius 1 is 1.59 bits per heavy atom. The van der Waals surface area contributed by atoms with Crippen LogP contribution in [0.1, 0.15) is 5.56 Å². The van der Waals surface area contributed by atoms with Crippen molar-refractivity contribution >= 4 is 11.6 Å². The van der Waals surface area contributed by atoms with Crippen molar-refractivity contribution in [3.8, 4) is 11.8 Å². The van der Waals surface area contributed by atoms with Crippen LogP contribution in [0.3, 0.4) is 0 Å². The Balaban J connectivity index is 2.78. The molecule has 1 rings (SSSR count). The molecule has 0 heterocycles. The van der Waals surface area contributed by atoms with Gasteiger partial charge in [-0.25, -0.2) is 4.39 Å². The van der Waals surface area contributed by atoms with E-state index in [9.17, 15) is 9.18 Å². The molecule has 0 aliphatic carbocycles. The first-order valence-electron chi connectivity index (χ1n) is 4.85. The third kappa shape index (κ3) is 4.23. The molecule has 2 N–H and O–H groups in total. The first-order chi connectivity index (χ1) is 8.17. The number of rotatable bonds is 3. The molecule has 0 bridgehead atoms. The monoisotopic (exact) mass is 237 g/mol. The maximum absolute atomic E-state index is 13.4. The van der Waals surface area contributed by atoms with Crippen LogP contribution in [0.5, 0.6) is 0 Å². The van der Waals surface area contributed by atoms with Crippen molar-refractivity contribution in [3.63, 3.8) is 0 Å². The zero-order valence-corrected chi connectivity index (χ0v) is 9.29. The number of aliphatic hydroxyl groups excluding tert-OH is 1. The number of carbonyl (C=O) groups excluding carboxylic acids is 1. The Hall–Kier alpha value is -1.90. The highest BCUT2D eigenvalue weighted by Gasteiger charge is 2.04. The van der Waals surface area contributed by atoms with Crippen molar-refractivity contribution in [2.45, 2.75) is 0 Å². The van der Waals surface area contributed by atoms with Gasteiger partial charge in [0.05, 0.1) is 5.56 Å². The summed E-state index contributed by atoms with van der Waals surface area (Å²) in [7, 11) is 1.40. The highest BCUT2D eigenvalue weighted by molar-refractivity contribution is 5.91. The van der Waals surface area contributed by atoms with Gasteiger partial charge < -0.3 is 15.2 Å². The van der Waals surface area contributed by atoms with E-state index in [0.29, 0.717) is 5.69 Å². The van der Waals surface area contributed by atoms with Gasteiger partial charge >= 0.3 is 0 Å². The second-order valence-corrected chi connectivity index (χ2v) is 3.14. The molecule has 5 heteroatoms. The van der Waals surface area contributed by atoms with Crippen LogP contribution in [0.15, 0.2) is 18.2 Å². The predicted octanol–water partition coefficient (Wildman–Crippen LogP) is 0.754. The summed E-state index contributed by atoms with van der Waals surface area (Å²) in [4.78, 5) is 11.2. The molecule has 0 unspecified atom stereocenters. The van der Waals surface area contributed by atoms with Crippen molar-refractivity contribution in [1.29, 1.82) is 0 Å². The van der Waals surface area contributed by atoms with Crippen LogP contribution in [0.4, 0.5) is 10.1 Å². The van der Waals surface area contributed by atoms with E-state index < -0.39 is 5.82 Å². The fourth-order valence-corrected chi connectivity index (χ4v) is 1.16. The lowest BCUT2D eigenvalue weighted by Crippen LogP contribution is -2.17. The molecule has 0 aliphatic heterocycles. The number of benzene rings is 1. The first-order valence-corrected chi connectivity index (χ1v) is 4.85. The summed E-state index contributed by atoms with van der Waals surface area (Å²) in [5.41, 5.74) is 0.503. The maximum Gasteiger partial charge on any atom is 0.250 e. The van der Waals surface area contributed by atoms with Gasteiger partial charge in [-0.05, 0) is 18.2 Å². The molecule has 0 aliphatic rings. The lowest BCUT2D eigenvalue weighted by molar-refractivity contribution is -0.119. The quantitative estimate of drug-likeness (QED) is 0.763. The van der Waals surface area contributed by atoms with Gasteiger partial charge in [0, 0.05) is 12.8 Å². The number of methoxy groups -OCH3 is 1. The van der Waals surface area contributed by atoms with Crippen molar-refractivity contribution in [2.75, 3.05) is 25.6 Å². The van der Waals surface area contributed by atoms with E-state index in [1.807, 2.05) is 0 Å². The number of anilines is 1. The molecule has 1 aromatic carbocycles. The Kier molecular flexibility index (Phi) is 5.14. The van der Waals surface area contributed by atoms with Crippen molar-refractivity contribution < 1.29 is 19.0 Å². The van der Waals surface area contributed by atoms with Gasteiger partial charge in [0.25, 0.3) is 0 Å². The van der Waals surface area contributed by atoms with Gasteiger partial charge in [-0.15, -0.1) is 0 Å². The molecule has 1 aromatic rings. The minimum atomic E-state index is -0.554. The summed E-state index contributed by atoms with van der Waals surface area (Å²) in [5.74, 6) is 3.89. The van der Waals surface area contributed by atoms with Crippen LogP contribution in [0, 0.1) is 17.7 Å². The van der Waals surface area contributed by atoms with E-state index in [2.05, 4.69) is 21.9 Å². The number of ether oxygens (including phenoxy) is 1. The molecule has 90 valence electrons. The average molecular weight is 237 g/mol. The average Bonchev–Trinajstić information content (AvgIpc) is 2.28. The Morgan fingerprint density at radius 2 is 2.35 bits per heavy atom. The summed E-state index contributed by atoms with van der Waals surface area (Å²) in [5, 5.41) is 10.9.